The number of benzene rings is 3. The number of alkyl halides is 1. The van der Waals surface area contributed by atoms with Crippen molar-refractivity contribution in [3.05, 3.63) is 91.0 Å². The summed E-state index contributed by atoms with van der Waals surface area (Å²) < 4.78 is 1.12. The lowest BCUT2D eigenvalue weighted by Crippen LogP contribution is -2.32. The minimum atomic E-state index is -1.61. The van der Waals surface area contributed by atoms with Gasteiger partial charge in [-0.25, -0.2) is 0 Å². The highest BCUT2D eigenvalue weighted by Gasteiger charge is 2.44. The molecular formula is C20H19IPS+. The molecule has 0 heterocycles. The van der Waals surface area contributed by atoms with Gasteiger partial charge in [0, 0.05) is 3.76 Å². The molecule has 3 rings (SSSR count). The lowest BCUT2D eigenvalue weighted by molar-refractivity contribution is 1.71. The fraction of sp³-hybridized carbons (Fsp3) is 0.100. The molecule has 0 aromatic heterocycles. The molecule has 0 unspecified atom stereocenters. The Morgan fingerprint density at radius 3 is 1.26 bits per heavy atom. The maximum Gasteiger partial charge on any atom is 0.122 e. The van der Waals surface area contributed by atoms with Gasteiger partial charge in [0.1, 0.15) is 28.7 Å². The van der Waals surface area contributed by atoms with Crippen LogP contribution in [0.3, 0.4) is 0 Å². The highest BCUT2D eigenvalue weighted by molar-refractivity contribution is 14.1. The van der Waals surface area contributed by atoms with Crippen LogP contribution in [0.2, 0.25) is 0 Å². The van der Waals surface area contributed by atoms with Crippen molar-refractivity contribution in [2.24, 2.45) is 0 Å². The molecule has 0 spiro atoms. The van der Waals surface area contributed by atoms with Gasteiger partial charge in [-0.15, -0.1) is 11.8 Å². The van der Waals surface area contributed by atoms with Crippen LogP contribution in [-0.4, -0.2) is 9.25 Å². The summed E-state index contributed by atoms with van der Waals surface area (Å²) in [5, 5.41) is 4.40. The van der Waals surface area contributed by atoms with Gasteiger partial charge in [0.15, 0.2) is 0 Å². The molecule has 0 radical (unpaired) electrons. The molecule has 0 atom stereocenters. The minimum Gasteiger partial charge on any atom is -0.110 e. The summed E-state index contributed by atoms with van der Waals surface area (Å²) in [7, 11) is -1.61. The third-order valence-corrected chi connectivity index (χ3v) is 11.2. The topological polar surface area (TPSA) is 0 Å². The normalized spacial score (nSPS) is 11.3. The van der Waals surface area contributed by atoms with E-state index >= 15 is 0 Å². The quantitative estimate of drug-likeness (QED) is 0.288. The Balaban J connectivity index is 2.25. The first-order chi connectivity index (χ1) is 11.4. The molecule has 0 saturated heterocycles. The lowest BCUT2D eigenvalue weighted by Gasteiger charge is -2.27. The molecule has 0 saturated carbocycles. The van der Waals surface area contributed by atoms with Gasteiger partial charge in [-0.3, -0.25) is 0 Å². The zero-order chi connectivity index (χ0) is 16.0. The van der Waals surface area contributed by atoms with Crippen LogP contribution in [0.4, 0.5) is 0 Å². The second kappa shape index (κ2) is 8.32. The lowest BCUT2D eigenvalue weighted by atomic mass is 10.4. The van der Waals surface area contributed by atoms with Crippen molar-refractivity contribution in [2.45, 2.75) is 0 Å². The highest BCUT2D eigenvalue weighted by atomic mass is 127. The molecule has 0 nitrogen and oxygen atoms in total. The smallest absolute Gasteiger partial charge is 0.110 e. The van der Waals surface area contributed by atoms with Gasteiger partial charge in [-0.05, 0) is 36.4 Å². The van der Waals surface area contributed by atoms with Crippen molar-refractivity contribution >= 4 is 57.5 Å². The molecule has 23 heavy (non-hydrogen) atoms. The summed E-state index contributed by atoms with van der Waals surface area (Å²) in [4.78, 5) is 0. The molecule has 0 bridgehead atoms. The number of hydrogen-bond donors (Lipinski definition) is 0. The molecular weight excluding hydrogens is 430 g/mol. The monoisotopic (exact) mass is 449 g/mol. The summed E-state index contributed by atoms with van der Waals surface area (Å²) in [5.74, 6) is 0. The van der Waals surface area contributed by atoms with Gasteiger partial charge in [0.2, 0.25) is 0 Å². The van der Waals surface area contributed by atoms with E-state index in [1.165, 1.54) is 15.9 Å². The second-order valence-electron chi connectivity index (χ2n) is 5.26. The molecule has 0 aliphatic heterocycles. The fourth-order valence-electron chi connectivity index (χ4n) is 2.89. The Hall–Kier alpha value is -0.830. The third-order valence-electron chi connectivity index (χ3n) is 3.95. The number of hydrogen-bond acceptors (Lipinski definition) is 1. The van der Waals surface area contributed by atoms with Crippen LogP contribution in [0, 0.1) is 0 Å². The van der Waals surface area contributed by atoms with Gasteiger partial charge in [0.05, 0.1) is 0 Å². The number of halogens is 1. The standard InChI is InChI=1S/C20H19IPS/c21-16-23-17-22(18-10-4-1-5-11-18,19-12-6-2-7-13-19)20-14-8-3-9-15-20/h1-15H,16-17H2/q+1. The van der Waals surface area contributed by atoms with Crippen LogP contribution in [0.25, 0.3) is 0 Å². The number of thioether (sulfide) groups is 1. The van der Waals surface area contributed by atoms with Crippen LogP contribution in [0.5, 0.6) is 0 Å². The maximum atomic E-state index is 2.47. The van der Waals surface area contributed by atoms with Gasteiger partial charge >= 0.3 is 0 Å². The molecule has 0 aliphatic carbocycles. The predicted molar refractivity (Wildman–Crippen MR) is 116 cm³/mol. The fourth-order valence-corrected chi connectivity index (χ4v) is 10.8. The molecule has 3 aromatic rings. The summed E-state index contributed by atoms with van der Waals surface area (Å²) in [5.41, 5.74) is 1.15. The van der Waals surface area contributed by atoms with Crippen LogP contribution >= 0.6 is 41.6 Å². The van der Waals surface area contributed by atoms with Crippen LogP contribution in [0.15, 0.2) is 91.0 Å². The van der Waals surface area contributed by atoms with E-state index in [0.717, 1.165) is 9.25 Å². The number of rotatable bonds is 6. The molecule has 3 heteroatoms. The Labute approximate surface area is 157 Å². The molecule has 0 fully saturated rings. The SMILES string of the molecule is ICSC[P+](c1ccccc1)(c1ccccc1)c1ccccc1. The van der Waals surface area contributed by atoms with Crippen molar-refractivity contribution in [2.75, 3.05) is 9.25 Å². The van der Waals surface area contributed by atoms with Crippen molar-refractivity contribution in [3.63, 3.8) is 0 Å². The van der Waals surface area contributed by atoms with Gasteiger partial charge in [-0.1, -0.05) is 77.2 Å². The third kappa shape index (κ3) is 3.65. The Morgan fingerprint density at radius 2 is 0.957 bits per heavy atom. The molecule has 0 amide bonds. The van der Waals surface area contributed by atoms with E-state index in [1.54, 1.807) is 0 Å². The second-order valence-corrected chi connectivity index (χ2v) is 12.0. The summed E-state index contributed by atoms with van der Waals surface area (Å²) in [6.07, 6.45) is 0. The van der Waals surface area contributed by atoms with Gasteiger partial charge < -0.3 is 0 Å². The van der Waals surface area contributed by atoms with Gasteiger partial charge in [0.25, 0.3) is 0 Å². The molecule has 0 N–H and O–H groups in total. The van der Waals surface area contributed by atoms with Crippen LogP contribution in [0.1, 0.15) is 0 Å². The Bertz CT molecular complexity index is 620. The minimum absolute atomic E-state index is 1.12. The Kier molecular flexibility index (Phi) is 6.15. The van der Waals surface area contributed by atoms with Gasteiger partial charge in [-0.2, -0.15) is 0 Å². The first-order valence-electron chi connectivity index (χ1n) is 7.56. The van der Waals surface area contributed by atoms with Crippen molar-refractivity contribution in [3.8, 4) is 0 Å². The molecule has 3 aromatic carbocycles. The first kappa shape index (κ1) is 17.0. The summed E-state index contributed by atoms with van der Waals surface area (Å²) in [6, 6.07) is 33.2. The summed E-state index contributed by atoms with van der Waals surface area (Å²) >= 11 is 4.50. The molecule has 116 valence electrons. The van der Waals surface area contributed by atoms with Crippen molar-refractivity contribution in [1.82, 2.24) is 0 Å². The van der Waals surface area contributed by atoms with E-state index in [9.17, 15) is 0 Å². The summed E-state index contributed by atoms with van der Waals surface area (Å²) in [6.45, 7) is 0. The molecule has 0 aliphatic rings. The Morgan fingerprint density at radius 1 is 0.609 bits per heavy atom. The van der Waals surface area contributed by atoms with Crippen molar-refractivity contribution < 1.29 is 0 Å². The van der Waals surface area contributed by atoms with Crippen LogP contribution in [-0.2, 0) is 0 Å². The van der Waals surface area contributed by atoms with E-state index in [1.807, 2.05) is 11.8 Å². The van der Waals surface area contributed by atoms with E-state index in [4.69, 9.17) is 0 Å². The maximum absolute atomic E-state index is 2.47. The highest BCUT2D eigenvalue weighted by Crippen LogP contribution is 2.57. The average Bonchev–Trinajstić information content (AvgIpc) is 2.65. The van der Waals surface area contributed by atoms with E-state index < -0.39 is 7.26 Å². The van der Waals surface area contributed by atoms with Crippen LogP contribution < -0.4 is 15.9 Å². The van der Waals surface area contributed by atoms with Crippen molar-refractivity contribution in [1.29, 1.82) is 0 Å². The predicted octanol–water partition coefficient (Wildman–Crippen LogP) is 5.06. The zero-order valence-corrected chi connectivity index (χ0v) is 16.7. The van der Waals surface area contributed by atoms with E-state index in [-0.39, 0.29) is 0 Å². The van der Waals surface area contributed by atoms with E-state index in [0.29, 0.717) is 0 Å². The largest absolute Gasteiger partial charge is 0.122 e. The average molecular weight is 449 g/mol. The zero-order valence-electron chi connectivity index (χ0n) is 12.8. The first-order valence-corrected chi connectivity index (χ1v) is 12.2. The van der Waals surface area contributed by atoms with E-state index in [2.05, 4.69) is 114 Å².